The van der Waals surface area contributed by atoms with Gasteiger partial charge >= 0.3 is 6.09 Å². The quantitative estimate of drug-likeness (QED) is 0.767. The molecule has 0 spiro atoms. The van der Waals surface area contributed by atoms with E-state index < -0.39 is 0 Å². The van der Waals surface area contributed by atoms with Crippen LogP contribution >= 0.6 is 0 Å². The van der Waals surface area contributed by atoms with Crippen LogP contribution in [0.25, 0.3) is 0 Å². The molecule has 1 aliphatic rings. The van der Waals surface area contributed by atoms with Gasteiger partial charge in [-0.05, 0) is 6.07 Å². The number of carbonyl (C=O) groups excluding carboxylic acids is 1. The van der Waals surface area contributed by atoms with E-state index >= 15 is 0 Å². The molecule has 0 unspecified atom stereocenters. The van der Waals surface area contributed by atoms with Crippen LogP contribution in [0.15, 0.2) is 18.3 Å². The van der Waals surface area contributed by atoms with E-state index in [1.165, 1.54) is 0 Å². The summed E-state index contributed by atoms with van der Waals surface area (Å²) in [7, 11) is 0. The van der Waals surface area contributed by atoms with Gasteiger partial charge in [-0.25, -0.2) is 9.78 Å². The van der Waals surface area contributed by atoms with Crippen molar-refractivity contribution in [2.45, 2.75) is 6.61 Å². The fourth-order valence-electron chi connectivity index (χ4n) is 1.61. The molecule has 0 aromatic carbocycles. The molecule has 17 heavy (non-hydrogen) atoms. The number of piperazine rings is 1. The number of rotatable bonds is 2. The summed E-state index contributed by atoms with van der Waals surface area (Å²) in [5, 5.41) is 3.18. The number of nitrogens with two attached hydrogens (primary N) is 1. The number of ether oxygens (including phenoxy) is 1. The van der Waals surface area contributed by atoms with Crippen LogP contribution < -0.4 is 11.1 Å². The van der Waals surface area contributed by atoms with Crippen LogP contribution in [-0.2, 0) is 11.3 Å². The standard InChI is InChI=1S/C11H16N4O2/c12-10-2-1-9(7-14-10)8-17-11(16)15-5-3-13-4-6-15/h1-2,7,13H,3-6,8H2,(H2,12,14). The van der Waals surface area contributed by atoms with Crippen molar-refractivity contribution in [2.24, 2.45) is 0 Å². The zero-order valence-corrected chi connectivity index (χ0v) is 9.56. The van der Waals surface area contributed by atoms with Gasteiger partial charge in [-0.1, -0.05) is 6.07 Å². The molecular formula is C11H16N4O2. The summed E-state index contributed by atoms with van der Waals surface area (Å²) in [5.41, 5.74) is 6.30. The van der Waals surface area contributed by atoms with Gasteiger partial charge in [0.1, 0.15) is 12.4 Å². The Balaban J connectivity index is 1.81. The zero-order valence-electron chi connectivity index (χ0n) is 9.56. The topological polar surface area (TPSA) is 80.5 Å². The summed E-state index contributed by atoms with van der Waals surface area (Å²) >= 11 is 0. The SMILES string of the molecule is Nc1ccc(COC(=O)N2CCNCC2)cn1. The fourth-order valence-corrected chi connectivity index (χ4v) is 1.61. The number of nitrogen functional groups attached to an aromatic ring is 1. The maximum atomic E-state index is 11.7. The second kappa shape index (κ2) is 5.49. The molecule has 0 aliphatic carbocycles. The van der Waals surface area contributed by atoms with Gasteiger partial charge in [0.05, 0.1) is 0 Å². The normalized spacial score (nSPS) is 15.6. The highest BCUT2D eigenvalue weighted by Gasteiger charge is 2.17. The molecule has 1 fully saturated rings. The molecule has 1 saturated heterocycles. The van der Waals surface area contributed by atoms with Crippen LogP contribution in [0.4, 0.5) is 10.6 Å². The van der Waals surface area contributed by atoms with Crippen LogP contribution in [0, 0.1) is 0 Å². The van der Waals surface area contributed by atoms with Crippen molar-refractivity contribution in [1.82, 2.24) is 15.2 Å². The van der Waals surface area contributed by atoms with Crippen molar-refractivity contribution in [2.75, 3.05) is 31.9 Å². The molecule has 92 valence electrons. The maximum absolute atomic E-state index is 11.7. The lowest BCUT2D eigenvalue weighted by Gasteiger charge is -2.26. The lowest BCUT2D eigenvalue weighted by Crippen LogP contribution is -2.46. The summed E-state index contributed by atoms with van der Waals surface area (Å²) in [6, 6.07) is 3.49. The van der Waals surface area contributed by atoms with Crippen LogP contribution in [0.2, 0.25) is 0 Å². The van der Waals surface area contributed by atoms with E-state index in [4.69, 9.17) is 10.5 Å². The van der Waals surface area contributed by atoms with Gasteiger partial charge in [-0.15, -0.1) is 0 Å². The van der Waals surface area contributed by atoms with Crippen molar-refractivity contribution in [3.05, 3.63) is 23.9 Å². The number of carbonyl (C=O) groups is 1. The summed E-state index contributed by atoms with van der Waals surface area (Å²) in [5.74, 6) is 0.460. The number of pyridine rings is 1. The predicted molar refractivity (Wildman–Crippen MR) is 63.3 cm³/mol. The van der Waals surface area contributed by atoms with Gasteiger partial charge in [0.2, 0.25) is 0 Å². The van der Waals surface area contributed by atoms with E-state index in [0.717, 1.165) is 18.7 Å². The van der Waals surface area contributed by atoms with Gasteiger partial charge in [-0.3, -0.25) is 0 Å². The van der Waals surface area contributed by atoms with Crippen molar-refractivity contribution < 1.29 is 9.53 Å². The van der Waals surface area contributed by atoms with Gasteiger partial charge in [0.15, 0.2) is 0 Å². The molecule has 6 heteroatoms. The Kier molecular flexibility index (Phi) is 3.77. The number of aromatic nitrogens is 1. The molecule has 1 aromatic rings. The van der Waals surface area contributed by atoms with Crippen LogP contribution in [-0.4, -0.2) is 42.2 Å². The molecular weight excluding hydrogens is 220 g/mol. The first kappa shape index (κ1) is 11.7. The lowest BCUT2D eigenvalue weighted by molar-refractivity contribution is 0.0918. The summed E-state index contributed by atoms with van der Waals surface area (Å²) < 4.78 is 5.19. The third kappa shape index (κ3) is 3.32. The molecule has 0 saturated carbocycles. The molecule has 3 N–H and O–H groups in total. The number of hydrogen-bond donors (Lipinski definition) is 2. The zero-order chi connectivity index (χ0) is 12.1. The van der Waals surface area contributed by atoms with Crippen molar-refractivity contribution >= 4 is 11.9 Å². The van der Waals surface area contributed by atoms with E-state index in [1.54, 1.807) is 23.2 Å². The summed E-state index contributed by atoms with van der Waals surface area (Å²) in [6.45, 7) is 3.25. The predicted octanol–water partition coefficient (Wildman–Crippen LogP) is 0.206. The first-order valence-corrected chi connectivity index (χ1v) is 5.58. The minimum Gasteiger partial charge on any atom is -0.444 e. The Morgan fingerprint density at radius 2 is 2.24 bits per heavy atom. The number of nitrogens with zero attached hydrogens (tertiary/aromatic N) is 2. The van der Waals surface area contributed by atoms with Gasteiger partial charge in [0, 0.05) is 37.9 Å². The minimum absolute atomic E-state index is 0.232. The second-order valence-electron chi connectivity index (χ2n) is 3.88. The molecule has 1 aromatic heterocycles. The first-order chi connectivity index (χ1) is 8.25. The molecule has 0 bridgehead atoms. The number of anilines is 1. The average molecular weight is 236 g/mol. The van der Waals surface area contributed by atoms with E-state index in [1.807, 2.05) is 0 Å². The third-order valence-electron chi connectivity index (χ3n) is 2.59. The van der Waals surface area contributed by atoms with Gasteiger partial charge in [-0.2, -0.15) is 0 Å². The highest BCUT2D eigenvalue weighted by molar-refractivity contribution is 5.67. The van der Waals surface area contributed by atoms with Gasteiger partial charge < -0.3 is 20.7 Å². The Morgan fingerprint density at radius 3 is 2.88 bits per heavy atom. The monoisotopic (exact) mass is 236 g/mol. The van der Waals surface area contributed by atoms with E-state index in [9.17, 15) is 4.79 Å². The van der Waals surface area contributed by atoms with E-state index in [0.29, 0.717) is 18.9 Å². The van der Waals surface area contributed by atoms with Gasteiger partial charge in [0.25, 0.3) is 0 Å². The van der Waals surface area contributed by atoms with Crippen molar-refractivity contribution in [3.63, 3.8) is 0 Å². The molecule has 0 atom stereocenters. The third-order valence-corrected chi connectivity index (χ3v) is 2.59. The van der Waals surface area contributed by atoms with Crippen LogP contribution in [0.3, 0.4) is 0 Å². The number of nitrogens with one attached hydrogen (secondary N) is 1. The molecule has 1 amide bonds. The van der Waals surface area contributed by atoms with E-state index in [2.05, 4.69) is 10.3 Å². The molecule has 2 rings (SSSR count). The van der Waals surface area contributed by atoms with Crippen LogP contribution in [0.5, 0.6) is 0 Å². The average Bonchev–Trinajstić information content (AvgIpc) is 2.39. The summed E-state index contributed by atoms with van der Waals surface area (Å²) in [4.78, 5) is 17.3. The molecule has 2 heterocycles. The molecule has 0 radical (unpaired) electrons. The fraction of sp³-hybridized carbons (Fsp3) is 0.455. The molecule has 6 nitrogen and oxygen atoms in total. The highest BCUT2D eigenvalue weighted by Crippen LogP contribution is 2.05. The number of hydrogen-bond acceptors (Lipinski definition) is 5. The maximum Gasteiger partial charge on any atom is 0.410 e. The smallest absolute Gasteiger partial charge is 0.410 e. The van der Waals surface area contributed by atoms with Crippen LogP contribution in [0.1, 0.15) is 5.56 Å². The second-order valence-corrected chi connectivity index (χ2v) is 3.88. The number of amides is 1. The Hall–Kier alpha value is -1.82. The van der Waals surface area contributed by atoms with Crippen molar-refractivity contribution in [3.8, 4) is 0 Å². The summed E-state index contributed by atoms with van der Waals surface area (Å²) in [6.07, 6.45) is 1.34. The molecule has 1 aliphatic heterocycles. The minimum atomic E-state index is -0.275. The largest absolute Gasteiger partial charge is 0.444 e. The Bertz CT molecular complexity index is 374. The lowest BCUT2D eigenvalue weighted by atomic mass is 10.3. The Morgan fingerprint density at radius 1 is 1.47 bits per heavy atom. The van der Waals surface area contributed by atoms with E-state index in [-0.39, 0.29) is 12.7 Å². The van der Waals surface area contributed by atoms with Crippen molar-refractivity contribution in [1.29, 1.82) is 0 Å². The Labute approximate surface area is 99.8 Å². The first-order valence-electron chi connectivity index (χ1n) is 5.58. The highest BCUT2D eigenvalue weighted by atomic mass is 16.6.